The Hall–Kier alpha value is -3.16. The highest BCUT2D eigenvalue weighted by molar-refractivity contribution is 5.93. The number of carbonyl (C=O) groups excluding carboxylic acids is 2. The van der Waals surface area contributed by atoms with E-state index < -0.39 is 23.6 Å². The monoisotopic (exact) mass is 377 g/mol. The molecule has 0 aliphatic rings. The summed E-state index contributed by atoms with van der Waals surface area (Å²) in [5.41, 5.74) is 3.37. The summed E-state index contributed by atoms with van der Waals surface area (Å²) in [6.45, 7) is 1.95. The molecule has 0 bridgehead atoms. The van der Waals surface area contributed by atoms with Crippen LogP contribution >= 0.6 is 0 Å². The highest BCUT2D eigenvalue weighted by Crippen LogP contribution is 2.30. The molecule has 0 saturated carbocycles. The van der Waals surface area contributed by atoms with Gasteiger partial charge in [-0.25, -0.2) is 5.43 Å². The standard InChI is InChI=1S/C19H18F3N3O2/c1-13-5-7-14(8-6-13)12-23-25-18(27)10-9-17(26)24-16-4-2-3-15(11-16)19(20,21)22/h2-8,11-12H,9-10H2,1H3,(H,24,26)(H,25,27)/b23-12+. The van der Waals surface area contributed by atoms with Gasteiger partial charge in [0.15, 0.2) is 0 Å². The van der Waals surface area contributed by atoms with E-state index in [2.05, 4.69) is 15.8 Å². The SMILES string of the molecule is Cc1ccc(/C=N/NC(=O)CCC(=O)Nc2cccc(C(F)(F)F)c2)cc1. The molecule has 2 N–H and O–H groups in total. The quantitative estimate of drug-likeness (QED) is 0.592. The summed E-state index contributed by atoms with van der Waals surface area (Å²) in [4.78, 5) is 23.5. The maximum absolute atomic E-state index is 12.6. The molecule has 142 valence electrons. The summed E-state index contributed by atoms with van der Waals surface area (Å²) < 4.78 is 37.9. The second-order valence-corrected chi connectivity index (χ2v) is 5.83. The van der Waals surface area contributed by atoms with E-state index in [0.29, 0.717) is 0 Å². The molecule has 0 saturated heterocycles. The first-order chi connectivity index (χ1) is 12.7. The van der Waals surface area contributed by atoms with Crippen LogP contribution in [-0.4, -0.2) is 18.0 Å². The summed E-state index contributed by atoms with van der Waals surface area (Å²) in [7, 11) is 0. The number of carbonyl (C=O) groups is 2. The van der Waals surface area contributed by atoms with Crippen molar-refractivity contribution in [1.29, 1.82) is 0 Å². The molecule has 8 heteroatoms. The number of aryl methyl sites for hydroxylation is 1. The number of anilines is 1. The molecule has 0 fully saturated rings. The van der Waals surface area contributed by atoms with Crippen molar-refractivity contribution in [3.63, 3.8) is 0 Å². The number of benzene rings is 2. The van der Waals surface area contributed by atoms with Crippen molar-refractivity contribution in [2.75, 3.05) is 5.32 Å². The van der Waals surface area contributed by atoms with Gasteiger partial charge in [0.1, 0.15) is 0 Å². The fourth-order valence-electron chi connectivity index (χ4n) is 2.11. The molecule has 0 spiro atoms. The fraction of sp³-hybridized carbons (Fsp3) is 0.211. The van der Waals surface area contributed by atoms with E-state index in [1.165, 1.54) is 18.3 Å². The minimum atomic E-state index is -4.49. The minimum Gasteiger partial charge on any atom is -0.326 e. The fourth-order valence-corrected chi connectivity index (χ4v) is 2.11. The average molecular weight is 377 g/mol. The lowest BCUT2D eigenvalue weighted by Crippen LogP contribution is -2.20. The second-order valence-electron chi connectivity index (χ2n) is 5.83. The summed E-state index contributed by atoms with van der Waals surface area (Å²) in [5, 5.41) is 6.13. The topological polar surface area (TPSA) is 70.6 Å². The molecule has 0 heterocycles. The van der Waals surface area contributed by atoms with Crippen LogP contribution in [0.15, 0.2) is 53.6 Å². The number of nitrogens with zero attached hydrogens (tertiary/aromatic N) is 1. The van der Waals surface area contributed by atoms with Gasteiger partial charge < -0.3 is 5.32 Å². The molecule has 0 aliphatic carbocycles. The maximum atomic E-state index is 12.6. The number of hydrazone groups is 1. The Kier molecular flexibility index (Phi) is 6.70. The van der Waals surface area contributed by atoms with Crippen LogP contribution in [-0.2, 0) is 15.8 Å². The average Bonchev–Trinajstić information content (AvgIpc) is 2.61. The zero-order valence-electron chi connectivity index (χ0n) is 14.5. The van der Waals surface area contributed by atoms with Crippen molar-refractivity contribution < 1.29 is 22.8 Å². The molecule has 0 unspecified atom stereocenters. The van der Waals surface area contributed by atoms with Crippen LogP contribution in [0.4, 0.5) is 18.9 Å². The van der Waals surface area contributed by atoms with Crippen LogP contribution in [0.3, 0.4) is 0 Å². The van der Waals surface area contributed by atoms with Crippen molar-refractivity contribution in [2.45, 2.75) is 25.9 Å². The molecule has 0 atom stereocenters. The lowest BCUT2D eigenvalue weighted by Gasteiger charge is -2.09. The van der Waals surface area contributed by atoms with Gasteiger partial charge in [0.2, 0.25) is 11.8 Å². The number of alkyl halides is 3. The molecule has 2 aromatic rings. The highest BCUT2D eigenvalue weighted by Gasteiger charge is 2.30. The molecule has 0 radical (unpaired) electrons. The first kappa shape index (κ1) is 20.2. The zero-order valence-corrected chi connectivity index (χ0v) is 14.5. The first-order valence-corrected chi connectivity index (χ1v) is 8.10. The van der Waals surface area contributed by atoms with Crippen molar-refractivity contribution in [1.82, 2.24) is 5.43 Å². The number of hydrogen-bond acceptors (Lipinski definition) is 3. The number of amides is 2. The van der Waals surface area contributed by atoms with Gasteiger partial charge in [0.25, 0.3) is 0 Å². The van der Waals surface area contributed by atoms with E-state index in [4.69, 9.17) is 0 Å². The van der Waals surface area contributed by atoms with E-state index in [0.717, 1.165) is 23.3 Å². The first-order valence-electron chi connectivity index (χ1n) is 8.10. The van der Waals surface area contributed by atoms with Crippen LogP contribution in [0.2, 0.25) is 0 Å². The Morgan fingerprint density at radius 3 is 2.37 bits per heavy atom. The van der Waals surface area contributed by atoms with E-state index in [1.807, 2.05) is 31.2 Å². The van der Waals surface area contributed by atoms with Crippen molar-refractivity contribution in [3.8, 4) is 0 Å². The summed E-state index contributed by atoms with van der Waals surface area (Å²) in [6, 6.07) is 11.8. The Labute approximate surface area is 154 Å². The van der Waals surface area contributed by atoms with Gasteiger partial charge in [-0.2, -0.15) is 18.3 Å². The predicted octanol–water partition coefficient (Wildman–Crippen LogP) is 3.88. The molecule has 0 aromatic heterocycles. The Bertz CT molecular complexity index is 831. The molecular weight excluding hydrogens is 359 g/mol. The number of rotatable bonds is 6. The minimum absolute atomic E-state index is 0.0209. The van der Waals surface area contributed by atoms with Gasteiger partial charge in [-0.3, -0.25) is 9.59 Å². The molecule has 2 aromatic carbocycles. The third kappa shape index (κ3) is 6.93. The molecule has 0 aliphatic heterocycles. The van der Waals surface area contributed by atoms with E-state index in [-0.39, 0.29) is 18.5 Å². The normalized spacial score (nSPS) is 11.4. The number of hydrogen-bond donors (Lipinski definition) is 2. The highest BCUT2D eigenvalue weighted by atomic mass is 19.4. The summed E-state index contributed by atoms with van der Waals surface area (Å²) in [6.07, 6.45) is -3.34. The van der Waals surface area contributed by atoms with Crippen LogP contribution in [0.25, 0.3) is 0 Å². The zero-order chi connectivity index (χ0) is 19.9. The smallest absolute Gasteiger partial charge is 0.326 e. The van der Waals surface area contributed by atoms with Crippen LogP contribution in [0.1, 0.15) is 29.5 Å². The molecular formula is C19H18F3N3O2. The number of nitrogens with one attached hydrogen (secondary N) is 2. The van der Waals surface area contributed by atoms with Gasteiger partial charge in [-0.1, -0.05) is 35.9 Å². The molecule has 27 heavy (non-hydrogen) atoms. The van der Waals surface area contributed by atoms with Crippen LogP contribution < -0.4 is 10.7 Å². The van der Waals surface area contributed by atoms with Crippen LogP contribution in [0.5, 0.6) is 0 Å². The Morgan fingerprint density at radius 1 is 1.04 bits per heavy atom. The summed E-state index contributed by atoms with van der Waals surface area (Å²) in [5.74, 6) is -1.04. The third-order valence-electron chi connectivity index (χ3n) is 3.53. The van der Waals surface area contributed by atoms with Gasteiger partial charge in [0, 0.05) is 18.5 Å². The lowest BCUT2D eigenvalue weighted by molar-refractivity contribution is -0.137. The van der Waals surface area contributed by atoms with Gasteiger partial charge in [-0.05, 0) is 30.7 Å². The molecule has 2 rings (SSSR count). The largest absolute Gasteiger partial charge is 0.416 e. The van der Waals surface area contributed by atoms with Gasteiger partial charge in [0.05, 0.1) is 11.8 Å². The molecule has 5 nitrogen and oxygen atoms in total. The van der Waals surface area contributed by atoms with Crippen LogP contribution in [0, 0.1) is 6.92 Å². The van der Waals surface area contributed by atoms with E-state index >= 15 is 0 Å². The number of halogens is 3. The van der Waals surface area contributed by atoms with Gasteiger partial charge >= 0.3 is 6.18 Å². The summed E-state index contributed by atoms with van der Waals surface area (Å²) >= 11 is 0. The van der Waals surface area contributed by atoms with Crippen molar-refractivity contribution in [3.05, 3.63) is 65.2 Å². The van der Waals surface area contributed by atoms with Crippen molar-refractivity contribution in [2.24, 2.45) is 5.10 Å². The molecule has 2 amide bonds. The van der Waals surface area contributed by atoms with E-state index in [1.54, 1.807) is 0 Å². The van der Waals surface area contributed by atoms with E-state index in [9.17, 15) is 22.8 Å². The lowest BCUT2D eigenvalue weighted by atomic mass is 10.2. The third-order valence-corrected chi connectivity index (χ3v) is 3.53. The van der Waals surface area contributed by atoms with Crippen molar-refractivity contribution >= 4 is 23.7 Å². The predicted molar refractivity (Wildman–Crippen MR) is 96.2 cm³/mol. The maximum Gasteiger partial charge on any atom is 0.416 e. The Morgan fingerprint density at radius 2 is 1.70 bits per heavy atom. The van der Waals surface area contributed by atoms with Gasteiger partial charge in [-0.15, -0.1) is 0 Å². The second kappa shape index (κ2) is 8.98. The Balaban J connectivity index is 1.78.